The average Bonchev–Trinajstić information content (AvgIpc) is 2.47. The third kappa shape index (κ3) is 1.17. The van der Waals surface area contributed by atoms with Crippen molar-refractivity contribution in [3.05, 3.63) is 0 Å². The van der Waals surface area contributed by atoms with Crippen LogP contribution in [-0.2, 0) is 0 Å². The second kappa shape index (κ2) is 2.73. The van der Waals surface area contributed by atoms with Crippen molar-refractivity contribution in [2.45, 2.75) is 18.5 Å². The van der Waals surface area contributed by atoms with E-state index in [-0.39, 0.29) is 0 Å². The van der Waals surface area contributed by atoms with E-state index in [1.165, 1.54) is 19.5 Å². The van der Waals surface area contributed by atoms with Crippen molar-refractivity contribution in [2.24, 2.45) is 0 Å². The van der Waals surface area contributed by atoms with Crippen molar-refractivity contribution in [3.63, 3.8) is 0 Å². The molecule has 0 unspecified atom stereocenters. The van der Waals surface area contributed by atoms with E-state index < -0.39 is 0 Å². The summed E-state index contributed by atoms with van der Waals surface area (Å²) < 4.78 is 0. The van der Waals surface area contributed by atoms with Gasteiger partial charge in [0.05, 0.1) is 6.61 Å². The highest BCUT2D eigenvalue weighted by Gasteiger charge is 2.40. The molecule has 2 fully saturated rings. The molecule has 0 aromatic carbocycles. The number of likely N-dealkylation sites (N-methyl/N-ethyl adjacent to an activating group) is 1. The van der Waals surface area contributed by atoms with Crippen LogP contribution in [0.1, 0.15) is 6.42 Å². The Labute approximate surface area is 67.6 Å². The van der Waals surface area contributed by atoms with Gasteiger partial charge in [0.25, 0.3) is 0 Å². The Bertz CT molecular complexity index is 149. The zero-order valence-corrected chi connectivity index (χ0v) is 7.03. The number of aliphatic hydroxyl groups excluding tert-OH is 1. The first-order valence-corrected chi connectivity index (χ1v) is 4.36. The van der Waals surface area contributed by atoms with Gasteiger partial charge in [0.1, 0.15) is 0 Å². The van der Waals surface area contributed by atoms with Gasteiger partial charge >= 0.3 is 0 Å². The number of fused-ring (bicyclic) bond motifs is 2. The van der Waals surface area contributed by atoms with E-state index in [1.807, 2.05) is 0 Å². The second-order valence-electron chi connectivity index (χ2n) is 3.70. The van der Waals surface area contributed by atoms with Gasteiger partial charge in [-0.15, -0.1) is 0 Å². The lowest BCUT2D eigenvalue weighted by atomic mass is 10.2. The molecule has 1 N–H and O–H groups in total. The lowest BCUT2D eigenvalue weighted by molar-refractivity contribution is 0.124. The number of β-amino-alcohol motifs (C(OH)–C–C–N with tert-alkyl or cyclic N) is 1. The van der Waals surface area contributed by atoms with Crippen LogP contribution in [0.4, 0.5) is 0 Å². The number of likely N-dealkylation sites (tertiary alicyclic amines) is 2. The molecule has 2 atom stereocenters. The van der Waals surface area contributed by atoms with Crippen molar-refractivity contribution in [2.75, 3.05) is 33.3 Å². The Hall–Kier alpha value is -0.120. The van der Waals surface area contributed by atoms with Gasteiger partial charge in [0.2, 0.25) is 0 Å². The number of piperazine rings is 1. The summed E-state index contributed by atoms with van der Waals surface area (Å²) in [5.41, 5.74) is 0. The highest BCUT2D eigenvalue weighted by atomic mass is 16.3. The van der Waals surface area contributed by atoms with E-state index in [2.05, 4.69) is 16.8 Å². The zero-order chi connectivity index (χ0) is 7.84. The van der Waals surface area contributed by atoms with E-state index in [0.29, 0.717) is 6.61 Å². The van der Waals surface area contributed by atoms with Gasteiger partial charge in [-0.25, -0.2) is 0 Å². The highest BCUT2D eigenvalue weighted by molar-refractivity contribution is 4.97. The predicted octanol–water partition coefficient (Wildman–Crippen LogP) is -0.633. The van der Waals surface area contributed by atoms with Crippen LogP contribution in [0.2, 0.25) is 0 Å². The van der Waals surface area contributed by atoms with Gasteiger partial charge in [-0.2, -0.15) is 0 Å². The monoisotopic (exact) mass is 156 g/mol. The van der Waals surface area contributed by atoms with Crippen molar-refractivity contribution >= 4 is 0 Å². The Morgan fingerprint density at radius 2 is 2.18 bits per heavy atom. The fourth-order valence-electron chi connectivity index (χ4n) is 2.35. The van der Waals surface area contributed by atoms with Crippen molar-refractivity contribution in [1.29, 1.82) is 0 Å². The molecule has 0 aromatic rings. The lowest BCUT2D eigenvalue weighted by Gasteiger charge is -2.31. The maximum absolute atomic E-state index is 8.77. The fraction of sp³-hybridized carbons (Fsp3) is 1.00. The summed E-state index contributed by atoms with van der Waals surface area (Å²) in [6.45, 7) is 3.55. The topological polar surface area (TPSA) is 26.7 Å². The first-order valence-electron chi connectivity index (χ1n) is 4.36. The number of aliphatic hydroxyl groups is 1. The maximum atomic E-state index is 8.77. The van der Waals surface area contributed by atoms with Crippen LogP contribution in [0.3, 0.4) is 0 Å². The molecule has 0 amide bonds. The van der Waals surface area contributed by atoms with Crippen LogP contribution in [0.15, 0.2) is 0 Å². The van der Waals surface area contributed by atoms with Crippen LogP contribution < -0.4 is 0 Å². The number of rotatable bonds is 2. The van der Waals surface area contributed by atoms with Crippen molar-refractivity contribution in [3.8, 4) is 0 Å². The molecule has 2 saturated heterocycles. The molecule has 2 bridgehead atoms. The Kier molecular flexibility index (Phi) is 1.87. The highest BCUT2D eigenvalue weighted by Crippen LogP contribution is 2.28. The molecular weight excluding hydrogens is 140 g/mol. The SMILES string of the molecule is CN1C[C@@H]2C[C@H]1CN2CCO. The molecule has 0 aromatic heterocycles. The fourth-order valence-corrected chi connectivity index (χ4v) is 2.35. The second-order valence-corrected chi connectivity index (χ2v) is 3.70. The third-order valence-corrected chi connectivity index (χ3v) is 3.02. The quantitative estimate of drug-likeness (QED) is 0.576. The first kappa shape index (κ1) is 7.53. The molecule has 0 aliphatic carbocycles. The van der Waals surface area contributed by atoms with Crippen LogP contribution in [-0.4, -0.2) is 60.3 Å². The standard InChI is InChI=1S/C8H16N2O/c1-9-5-8-4-7(9)6-10(8)2-3-11/h7-8,11H,2-6H2,1H3/t7-,8-/m0/s1. The summed E-state index contributed by atoms with van der Waals surface area (Å²) in [6.07, 6.45) is 1.32. The van der Waals surface area contributed by atoms with E-state index in [1.54, 1.807) is 0 Å². The average molecular weight is 156 g/mol. The summed E-state index contributed by atoms with van der Waals surface area (Å²) in [5, 5.41) is 8.77. The van der Waals surface area contributed by atoms with Crippen molar-refractivity contribution in [1.82, 2.24) is 9.80 Å². The number of nitrogens with zero attached hydrogens (tertiary/aromatic N) is 2. The molecular formula is C8H16N2O. The normalized spacial score (nSPS) is 38.7. The van der Waals surface area contributed by atoms with Gasteiger partial charge in [-0.05, 0) is 13.5 Å². The molecule has 0 saturated carbocycles. The molecule has 3 heteroatoms. The van der Waals surface area contributed by atoms with E-state index in [4.69, 9.17) is 5.11 Å². The molecule has 2 heterocycles. The molecule has 0 spiro atoms. The number of hydrogen-bond donors (Lipinski definition) is 1. The lowest BCUT2D eigenvalue weighted by Crippen LogP contribution is -2.45. The van der Waals surface area contributed by atoms with Gasteiger partial charge in [0.15, 0.2) is 0 Å². The van der Waals surface area contributed by atoms with Gasteiger partial charge < -0.3 is 10.0 Å². The Morgan fingerprint density at radius 3 is 2.64 bits per heavy atom. The van der Waals surface area contributed by atoms with Crippen LogP contribution in [0.25, 0.3) is 0 Å². The predicted molar refractivity (Wildman–Crippen MR) is 43.5 cm³/mol. The van der Waals surface area contributed by atoms with Crippen LogP contribution in [0.5, 0.6) is 0 Å². The van der Waals surface area contributed by atoms with Gasteiger partial charge in [-0.3, -0.25) is 4.90 Å². The first-order chi connectivity index (χ1) is 5.31. The zero-order valence-electron chi connectivity index (χ0n) is 7.03. The van der Waals surface area contributed by atoms with E-state index in [9.17, 15) is 0 Å². The molecule has 2 aliphatic rings. The molecule has 0 radical (unpaired) electrons. The summed E-state index contributed by atoms with van der Waals surface area (Å²) in [4.78, 5) is 4.84. The summed E-state index contributed by atoms with van der Waals surface area (Å²) in [6, 6.07) is 1.50. The molecule has 11 heavy (non-hydrogen) atoms. The molecule has 3 nitrogen and oxygen atoms in total. The van der Waals surface area contributed by atoms with Gasteiger partial charge in [-0.1, -0.05) is 0 Å². The summed E-state index contributed by atoms with van der Waals surface area (Å²) in [7, 11) is 2.20. The number of hydrogen-bond acceptors (Lipinski definition) is 3. The van der Waals surface area contributed by atoms with E-state index in [0.717, 1.165) is 18.6 Å². The Balaban J connectivity index is 1.92. The minimum absolute atomic E-state index is 0.312. The van der Waals surface area contributed by atoms with E-state index >= 15 is 0 Å². The largest absolute Gasteiger partial charge is 0.395 e. The van der Waals surface area contributed by atoms with Crippen LogP contribution in [0, 0.1) is 0 Å². The minimum atomic E-state index is 0.312. The summed E-state index contributed by atoms with van der Waals surface area (Å²) >= 11 is 0. The van der Waals surface area contributed by atoms with Crippen LogP contribution >= 0.6 is 0 Å². The molecule has 2 aliphatic heterocycles. The third-order valence-electron chi connectivity index (χ3n) is 3.02. The molecule has 2 rings (SSSR count). The van der Waals surface area contributed by atoms with Crippen molar-refractivity contribution < 1.29 is 5.11 Å². The Morgan fingerprint density at radius 1 is 1.36 bits per heavy atom. The minimum Gasteiger partial charge on any atom is -0.395 e. The summed E-state index contributed by atoms with van der Waals surface area (Å²) in [5.74, 6) is 0. The smallest absolute Gasteiger partial charge is 0.0558 e. The maximum Gasteiger partial charge on any atom is 0.0558 e. The van der Waals surface area contributed by atoms with Gasteiger partial charge in [0, 0.05) is 31.7 Å². The molecule has 64 valence electrons.